The summed E-state index contributed by atoms with van der Waals surface area (Å²) in [6.07, 6.45) is 1.53. The Balaban J connectivity index is 1.66. The van der Waals surface area contributed by atoms with Gasteiger partial charge in [-0.15, -0.1) is 0 Å². The summed E-state index contributed by atoms with van der Waals surface area (Å²) in [7, 11) is 1.69. The van der Waals surface area contributed by atoms with Crippen molar-refractivity contribution in [3.8, 4) is 5.75 Å². The standard InChI is InChI=1S/C15H20N6O/c1-22-13-4-2-3-12(9-13)20-5-7-21(8-6-20)15-10-14(19-16)17-11-18-15/h2-4,9-11H,5-8,16H2,1H3,(H,17,18,19). The molecule has 0 aliphatic carbocycles. The van der Waals surface area contributed by atoms with Crippen LogP contribution in [0.15, 0.2) is 36.7 Å². The number of nitrogen functional groups attached to an aromatic ring is 1. The molecule has 1 aliphatic rings. The first-order valence-corrected chi connectivity index (χ1v) is 7.23. The number of hydrogen-bond acceptors (Lipinski definition) is 7. The molecular weight excluding hydrogens is 280 g/mol. The van der Waals surface area contributed by atoms with Gasteiger partial charge in [-0.25, -0.2) is 15.8 Å². The highest BCUT2D eigenvalue weighted by molar-refractivity contribution is 5.54. The molecule has 7 heteroatoms. The van der Waals surface area contributed by atoms with Crippen LogP contribution in [0, 0.1) is 0 Å². The number of rotatable bonds is 4. The van der Waals surface area contributed by atoms with Crippen molar-refractivity contribution in [2.24, 2.45) is 5.84 Å². The number of hydrogen-bond donors (Lipinski definition) is 2. The average molecular weight is 300 g/mol. The van der Waals surface area contributed by atoms with Gasteiger partial charge in [0.2, 0.25) is 0 Å². The average Bonchev–Trinajstić information content (AvgIpc) is 2.62. The molecule has 22 heavy (non-hydrogen) atoms. The summed E-state index contributed by atoms with van der Waals surface area (Å²) in [5.41, 5.74) is 3.74. The second-order valence-electron chi connectivity index (χ2n) is 5.08. The highest BCUT2D eigenvalue weighted by Gasteiger charge is 2.19. The third kappa shape index (κ3) is 3.04. The quantitative estimate of drug-likeness (QED) is 0.646. The molecule has 1 aliphatic heterocycles. The van der Waals surface area contributed by atoms with Crippen LogP contribution in [0.3, 0.4) is 0 Å². The van der Waals surface area contributed by atoms with Crippen LogP contribution in [0.5, 0.6) is 5.75 Å². The van der Waals surface area contributed by atoms with E-state index in [0.717, 1.165) is 37.7 Å². The number of anilines is 3. The first-order chi connectivity index (χ1) is 10.8. The lowest BCUT2D eigenvalue weighted by atomic mass is 10.2. The molecule has 1 aromatic heterocycles. The summed E-state index contributed by atoms with van der Waals surface area (Å²) in [4.78, 5) is 12.9. The predicted molar refractivity (Wildman–Crippen MR) is 87.3 cm³/mol. The molecule has 0 spiro atoms. The minimum Gasteiger partial charge on any atom is -0.497 e. The molecule has 0 saturated carbocycles. The van der Waals surface area contributed by atoms with Crippen LogP contribution in [0.25, 0.3) is 0 Å². The Hall–Kier alpha value is -2.54. The maximum atomic E-state index is 5.39. The lowest BCUT2D eigenvalue weighted by Crippen LogP contribution is -2.46. The van der Waals surface area contributed by atoms with Crippen LogP contribution in [0.4, 0.5) is 17.3 Å². The smallest absolute Gasteiger partial charge is 0.145 e. The molecule has 0 radical (unpaired) electrons. The van der Waals surface area contributed by atoms with Crippen molar-refractivity contribution in [1.29, 1.82) is 0 Å². The van der Waals surface area contributed by atoms with Gasteiger partial charge in [0.05, 0.1) is 7.11 Å². The maximum Gasteiger partial charge on any atom is 0.145 e. The van der Waals surface area contributed by atoms with Gasteiger partial charge in [0, 0.05) is 44.0 Å². The molecule has 2 aromatic rings. The number of nitrogens with two attached hydrogens (primary N) is 1. The summed E-state index contributed by atoms with van der Waals surface area (Å²) < 4.78 is 5.29. The Kier molecular flexibility index (Phi) is 4.24. The van der Waals surface area contributed by atoms with Crippen LogP contribution in [-0.2, 0) is 0 Å². The Bertz CT molecular complexity index is 571. The van der Waals surface area contributed by atoms with E-state index < -0.39 is 0 Å². The Morgan fingerprint density at radius 3 is 2.59 bits per heavy atom. The molecule has 0 atom stereocenters. The van der Waals surface area contributed by atoms with Gasteiger partial charge in [-0.1, -0.05) is 6.07 Å². The minimum absolute atomic E-state index is 0.625. The molecule has 1 saturated heterocycles. The van der Waals surface area contributed by atoms with Crippen LogP contribution in [-0.4, -0.2) is 43.3 Å². The van der Waals surface area contributed by atoms with Gasteiger partial charge in [-0.05, 0) is 12.1 Å². The second-order valence-corrected chi connectivity index (χ2v) is 5.08. The fraction of sp³-hybridized carbons (Fsp3) is 0.333. The van der Waals surface area contributed by atoms with Crippen molar-refractivity contribution in [3.63, 3.8) is 0 Å². The normalized spacial score (nSPS) is 14.8. The zero-order valence-corrected chi connectivity index (χ0v) is 12.6. The van der Waals surface area contributed by atoms with Gasteiger partial charge in [-0.3, -0.25) is 0 Å². The van der Waals surface area contributed by atoms with E-state index in [1.54, 1.807) is 7.11 Å². The minimum atomic E-state index is 0.625. The SMILES string of the molecule is COc1cccc(N2CCN(c3cc(NN)ncn3)CC2)c1. The molecule has 1 aromatic carbocycles. The molecule has 0 bridgehead atoms. The molecule has 1 fully saturated rings. The highest BCUT2D eigenvalue weighted by Crippen LogP contribution is 2.23. The van der Waals surface area contributed by atoms with Crippen molar-refractivity contribution in [3.05, 3.63) is 36.7 Å². The van der Waals surface area contributed by atoms with Crippen LogP contribution in [0.1, 0.15) is 0 Å². The van der Waals surface area contributed by atoms with Crippen molar-refractivity contribution >= 4 is 17.3 Å². The first-order valence-electron chi connectivity index (χ1n) is 7.23. The summed E-state index contributed by atoms with van der Waals surface area (Å²) in [5, 5.41) is 0. The van der Waals surface area contributed by atoms with E-state index in [1.807, 2.05) is 18.2 Å². The van der Waals surface area contributed by atoms with Crippen LogP contribution in [0.2, 0.25) is 0 Å². The summed E-state index contributed by atoms with van der Waals surface area (Å²) >= 11 is 0. The van der Waals surface area contributed by atoms with Gasteiger partial charge < -0.3 is 20.0 Å². The zero-order valence-electron chi connectivity index (χ0n) is 12.6. The van der Waals surface area contributed by atoms with E-state index in [2.05, 4.69) is 37.3 Å². The predicted octanol–water partition coefficient (Wildman–Crippen LogP) is 1.10. The highest BCUT2D eigenvalue weighted by atomic mass is 16.5. The molecule has 0 amide bonds. The van der Waals surface area contributed by atoms with Gasteiger partial charge >= 0.3 is 0 Å². The summed E-state index contributed by atoms with van der Waals surface area (Å²) in [6.45, 7) is 3.67. The van der Waals surface area contributed by atoms with E-state index >= 15 is 0 Å². The van der Waals surface area contributed by atoms with E-state index in [9.17, 15) is 0 Å². The second kappa shape index (κ2) is 6.48. The number of benzene rings is 1. The Morgan fingerprint density at radius 1 is 1.09 bits per heavy atom. The van der Waals surface area contributed by atoms with Crippen molar-refractivity contribution < 1.29 is 4.74 Å². The fourth-order valence-corrected chi connectivity index (χ4v) is 2.60. The van der Waals surface area contributed by atoms with Gasteiger partial charge in [0.1, 0.15) is 23.7 Å². The van der Waals surface area contributed by atoms with Gasteiger partial charge in [-0.2, -0.15) is 0 Å². The molecule has 7 nitrogen and oxygen atoms in total. The third-order valence-electron chi connectivity index (χ3n) is 3.82. The lowest BCUT2D eigenvalue weighted by molar-refractivity contribution is 0.414. The monoisotopic (exact) mass is 300 g/mol. The topological polar surface area (TPSA) is 79.5 Å². The summed E-state index contributed by atoms with van der Waals surface area (Å²) in [5.74, 6) is 7.80. The van der Waals surface area contributed by atoms with E-state index in [4.69, 9.17) is 10.6 Å². The number of piperazine rings is 1. The van der Waals surface area contributed by atoms with Gasteiger partial charge in [0.25, 0.3) is 0 Å². The van der Waals surface area contributed by atoms with Crippen LogP contribution < -0.4 is 25.8 Å². The van der Waals surface area contributed by atoms with Crippen molar-refractivity contribution in [1.82, 2.24) is 9.97 Å². The first kappa shape index (κ1) is 14.4. The lowest BCUT2D eigenvalue weighted by Gasteiger charge is -2.36. The Morgan fingerprint density at radius 2 is 1.86 bits per heavy atom. The van der Waals surface area contributed by atoms with E-state index in [-0.39, 0.29) is 0 Å². The Labute approximate surface area is 129 Å². The molecule has 2 heterocycles. The zero-order chi connectivity index (χ0) is 15.4. The number of hydrazine groups is 1. The third-order valence-corrected chi connectivity index (χ3v) is 3.82. The number of aromatic nitrogens is 2. The molecule has 3 rings (SSSR count). The number of nitrogens with one attached hydrogen (secondary N) is 1. The van der Waals surface area contributed by atoms with E-state index in [0.29, 0.717) is 5.82 Å². The van der Waals surface area contributed by atoms with Gasteiger partial charge in [0.15, 0.2) is 0 Å². The molecule has 3 N–H and O–H groups in total. The fourth-order valence-electron chi connectivity index (χ4n) is 2.60. The largest absolute Gasteiger partial charge is 0.497 e. The van der Waals surface area contributed by atoms with Crippen LogP contribution >= 0.6 is 0 Å². The van der Waals surface area contributed by atoms with Crippen molar-refractivity contribution in [2.45, 2.75) is 0 Å². The summed E-state index contributed by atoms with van der Waals surface area (Å²) in [6, 6.07) is 10.0. The van der Waals surface area contributed by atoms with E-state index in [1.165, 1.54) is 12.0 Å². The molecule has 0 unspecified atom stereocenters. The molecular formula is C15H20N6O. The number of nitrogens with zero attached hydrogens (tertiary/aromatic N) is 4. The van der Waals surface area contributed by atoms with Crippen molar-refractivity contribution in [2.75, 3.05) is 48.5 Å². The molecule has 116 valence electrons. The number of methoxy groups -OCH3 is 1. The number of ether oxygens (including phenoxy) is 1. The maximum absolute atomic E-state index is 5.39.